The first kappa shape index (κ1) is 18.4. The topological polar surface area (TPSA) is 47.8 Å². The van der Waals surface area contributed by atoms with Crippen LogP contribution in [0.25, 0.3) is 21.8 Å². The van der Waals surface area contributed by atoms with Crippen molar-refractivity contribution in [2.75, 3.05) is 0 Å². The minimum Gasteiger partial charge on any atom is -0.267 e. The quantitative estimate of drug-likeness (QED) is 0.387. The molecule has 0 atom stereocenters. The maximum atomic E-state index is 12.9. The van der Waals surface area contributed by atoms with E-state index < -0.39 is 0 Å². The molecule has 1 aromatic heterocycles. The van der Waals surface area contributed by atoms with Crippen LogP contribution in [-0.4, -0.2) is 20.9 Å². The minimum absolute atomic E-state index is 0.157. The van der Waals surface area contributed by atoms with Gasteiger partial charge in [0.25, 0.3) is 5.91 Å². The van der Waals surface area contributed by atoms with E-state index in [1.165, 1.54) is 47.7 Å². The number of rotatable bonds is 7. The third-order valence-electron chi connectivity index (χ3n) is 5.26. The highest BCUT2D eigenvalue weighted by molar-refractivity contribution is 6.02. The van der Waals surface area contributed by atoms with Gasteiger partial charge in [0, 0.05) is 5.56 Å². The summed E-state index contributed by atoms with van der Waals surface area (Å²) in [5, 5.41) is 10.4. The molecule has 28 heavy (non-hydrogen) atoms. The molecule has 0 aliphatic heterocycles. The van der Waals surface area contributed by atoms with Crippen LogP contribution in [0.3, 0.4) is 0 Å². The number of carbonyl (C=O) groups excluding carboxylic acids is 1. The van der Waals surface area contributed by atoms with Crippen molar-refractivity contribution in [3.63, 3.8) is 0 Å². The second-order valence-corrected chi connectivity index (χ2v) is 7.36. The molecule has 0 unspecified atom stereocenters. The van der Waals surface area contributed by atoms with Crippen LogP contribution in [0.5, 0.6) is 0 Å². The molecule has 1 heterocycles. The summed E-state index contributed by atoms with van der Waals surface area (Å²) in [4.78, 5) is 12.9. The lowest BCUT2D eigenvalue weighted by Crippen LogP contribution is -2.13. The minimum atomic E-state index is -0.157. The average molecular weight is 371 g/mol. The molecule has 3 aromatic carbocycles. The number of nitrogens with zero attached hydrogens (tertiary/aromatic N) is 3. The Balaban J connectivity index is 1.53. The van der Waals surface area contributed by atoms with E-state index in [-0.39, 0.29) is 5.91 Å². The van der Waals surface area contributed by atoms with E-state index in [9.17, 15) is 4.79 Å². The molecular weight excluding hydrogens is 346 g/mol. The number of unbranched alkanes of at least 4 members (excludes halogenated alkanes) is 4. The molecule has 0 spiro atoms. The molecule has 0 saturated carbocycles. The van der Waals surface area contributed by atoms with Gasteiger partial charge in [0.05, 0.1) is 5.52 Å². The van der Waals surface area contributed by atoms with Crippen LogP contribution < -0.4 is 0 Å². The molecular formula is C24H25N3O. The third-order valence-corrected chi connectivity index (χ3v) is 5.26. The summed E-state index contributed by atoms with van der Waals surface area (Å²) in [6, 6.07) is 19.9. The van der Waals surface area contributed by atoms with Crippen LogP contribution in [0.1, 0.15) is 54.9 Å². The number of aryl methyl sites for hydroxylation is 1. The molecule has 4 aromatic rings. The Bertz CT molecular complexity index is 1110. The summed E-state index contributed by atoms with van der Waals surface area (Å²) in [5.74, 6) is -0.157. The van der Waals surface area contributed by atoms with E-state index in [0.29, 0.717) is 5.56 Å². The molecule has 0 aliphatic rings. The number of benzene rings is 3. The number of carbonyl (C=O) groups is 1. The highest BCUT2D eigenvalue weighted by Crippen LogP contribution is 2.21. The normalized spacial score (nSPS) is 11.3. The first-order chi connectivity index (χ1) is 13.8. The fraction of sp³-hybridized carbons (Fsp3) is 0.292. The maximum Gasteiger partial charge on any atom is 0.280 e. The van der Waals surface area contributed by atoms with E-state index in [4.69, 9.17) is 0 Å². The number of hydrogen-bond acceptors (Lipinski definition) is 3. The van der Waals surface area contributed by atoms with Gasteiger partial charge < -0.3 is 0 Å². The lowest BCUT2D eigenvalue weighted by Gasteiger charge is -2.07. The number of para-hydroxylation sites is 1. The first-order valence-corrected chi connectivity index (χ1v) is 10.1. The lowest BCUT2D eigenvalue weighted by molar-refractivity contribution is 0.0948. The van der Waals surface area contributed by atoms with Crippen molar-refractivity contribution < 1.29 is 4.79 Å². The van der Waals surface area contributed by atoms with Gasteiger partial charge in [0.1, 0.15) is 5.52 Å². The summed E-state index contributed by atoms with van der Waals surface area (Å²) < 4.78 is 1.38. The molecule has 0 saturated heterocycles. The van der Waals surface area contributed by atoms with Gasteiger partial charge in [-0.1, -0.05) is 74.2 Å². The lowest BCUT2D eigenvalue weighted by atomic mass is 10.0. The van der Waals surface area contributed by atoms with Gasteiger partial charge in [-0.05, 0) is 53.4 Å². The van der Waals surface area contributed by atoms with Crippen molar-refractivity contribution in [3.05, 3.63) is 71.8 Å². The van der Waals surface area contributed by atoms with Crippen molar-refractivity contribution >= 4 is 27.7 Å². The number of hydrogen-bond donors (Lipinski definition) is 0. The predicted molar refractivity (Wildman–Crippen MR) is 114 cm³/mol. The van der Waals surface area contributed by atoms with Crippen molar-refractivity contribution in [2.24, 2.45) is 0 Å². The predicted octanol–water partition coefficient (Wildman–Crippen LogP) is 5.79. The summed E-state index contributed by atoms with van der Waals surface area (Å²) in [7, 11) is 0. The van der Waals surface area contributed by atoms with Crippen molar-refractivity contribution in [1.29, 1.82) is 0 Å². The highest BCUT2D eigenvalue weighted by Gasteiger charge is 2.14. The molecule has 0 bridgehead atoms. The van der Waals surface area contributed by atoms with Crippen molar-refractivity contribution in [2.45, 2.75) is 45.4 Å². The van der Waals surface area contributed by atoms with Gasteiger partial charge in [0.2, 0.25) is 0 Å². The fourth-order valence-corrected chi connectivity index (χ4v) is 3.66. The molecule has 0 aliphatic carbocycles. The molecule has 0 radical (unpaired) electrons. The molecule has 4 nitrogen and oxygen atoms in total. The van der Waals surface area contributed by atoms with Gasteiger partial charge in [-0.2, -0.15) is 4.68 Å². The standard InChI is InChI=1S/C24H25N3O/c1-2-3-4-5-6-9-18-12-13-20-17-21(15-14-19(20)16-18)24(28)27-23-11-8-7-10-22(23)25-26-27/h7-8,10-17H,2-6,9H2,1H3. The Kier molecular flexibility index (Phi) is 5.47. The first-order valence-electron chi connectivity index (χ1n) is 10.1. The van der Waals surface area contributed by atoms with E-state index >= 15 is 0 Å². The van der Waals surface area contributed by atoms with E-state index in [1.807, 2.05) is 42.5 Å². The smallest absolute Gasteiger partial charge is 0.267 e. The Labute approximate surface area is 165 Å². The second-order valence-electron chi connectivity index (χ2n) is 7.36. The molecule has 4 rings (SSSR count). The zero-order valence-corrected chi connectivity index (χ0v) is 16.3. The fourth-order valence-electron chi connectivity index (χ4n) is 3.66. The Morgan fingerprint density at radius 1 is 0.893 bits per heavy atom. The molecule has 0 N–H and O–H groups in total. The van der Waals surface area contributed by atoms with Crippen LogP contribution in [0.15, 0.2) is 60.7 Å². The van der Waals surface area contributed by atoms with Crippen LogP contribution in [0.2, 0.25) is 0 Å². The van der Waals surface area contributed by atoms with Crippen LogP contribution in [0, 0.1) is 0 Å². The van der Waals surface area contributed by atoms with Crippen LogP contribution in [0.4, 0.5) is 0 Å². The molecule has 4 heteroatoms. The van der Waals surface area contributed by atoms with E-state index in [2.05, 4.69) is 35.4 Å². The van der Waals surface area contributed by atoms with Crippen molar-refractivity contribution in [1.82, 2.24) is 15.0 Å². The van der Waals surface area contributed by atoms with Gasteiger partial charge in [-0.25, -0.2) is 0 Å². The Morgan fingerprint density at radius 2 is 1.68 bits per heavy atom. The van der Waals surface area contributed by atoms with Gasteiger partial charge in [0.15, 0.2) is 0 Å². The van der Waals surface area contributed by atoms with E-state index in [0.717, 1.165) is 22.8 Å². The summed E-state index contributed by atoms with van der Waals surface area (Å²) in [6.45, 7) is 2.24. The summed E-state index contributed by atoms with van der Waals surface area (Å²) >= 11 is 0. The van der Waals surface area contributed by atoms with Crippen LogP contribution >= 0.6 is 0 Å². The largest absolute Gasteiger partial charge is 0.280 e. The second kappa shape index (κ2) is 8.34. The molecule has 0 fully saturated rings. The van der Waals surface area contributed by atoms with E-state index in [1.54, 1.807) is 0 Å². The Hall–Kier alpha value is -3.01. The summed E-state index contributed by atoms with van der Waals surface area (Å²) in [5.41, 5.74) is 3.44. The molecule has 142 valence electrons. The summed E-state index contributed by atoms with van der Waals surface area (Å²) in [6.07, 6.45) is 7.58. The zero-order valence-electron chi connectivity index (χ0n) is 16.3. The van der Waals surface area contributed by atoms with Crippen LogP contribution in [-0.2, 0) is 6.42 Å². The average Bonchev–Trinajstić information content (AvgIpc) is 3.17. The maximum absolute atomic E-state index is 12.9. The van der Waals surface area contributed by atoms with Gasteiger partial charge in [-0.3, -0.25) is 4.79 Å². The van der Waals surface area contributed by atoms with Crippen molar-refractivity contribution in [3.8, 4) is 0 Å². The third kappa shape index (κ3) is 3.81. The van der Waals surface area contributed by atoms with Gasteiger partial charge >= 0.3 is 0 Å². The zero-order chi connectivity index (χ0) is 19.3. The number of fused-ring (bicyclic) bond motifs is 2. The SMILES string of the molecule is CCCCCCCc1ccc2cc(C(=O)n3nnc4ccccc43)ccc2c1. The Morgan fingerprint density at radius 3 is 2.57 bits per heavy atom. The number of aromatic nitrogens is 3. The molecule has 0 amide bonds. The monoisotopic (exact) mass is 371 g/mol. The highest BCUT2D eigenvalue weighted by atomic mass is 16.2. The van der Waals surface area contributed by atoms with Gasteiger partial charge in [-0.15, -0.1) is 5.10 Å².